The van der Waals surface area contributed by atoms with Gasteiger partial charge >= 0.3 is 0 Å². The van der Waals surface area contributed by atoms with E-state index in [0.29, 0.717) is 32.8 Å². The average Bonchev–Trinajstić information content (AvgIpc) is 2.53. The Morgan fingerprint density at radius 3 is 2.90 bits per heavy atom. The van der Waals surface area contributed by atoms with Crippen molar-refractivity contribution in [1.29, 1.82) is 0 Å². The summed E-state index contributed by atoms with van der Waals surface area (Å²) in [5.74, 6) is 0. The summed E-state index contributed by atoms with van der Waals surface area (Å²) in [7, 11) is -3.44. The summed E-state index contributed by atoms with van der Waals surface area (Å²) in [4.78, 5) is 0. The number of ether oxygens (including phenoxy) is 1. The minimum Gasteiger partial charge on any atom is -0.378 e. The van der Waals surface area contributed by atoms with Crippen molar-refractivity contribution in [3.63, 3.8) is 0 Å². The molecule has 21 heavy (non-hydrogen) atoms. The van der Waals surface area contributed by atoms with Gasteiger partial charge in [-0.2, -0.15) is 12.7 Å². The van der Waals surface area contributed by atoms with E-state index in [2.05, 4.69) is 16.1 Å². The third-order valence-corrected chi connectivity index (χ3v) is 5.47. The van der Waals surface area contributed by atoms with Crippen molar-refractivity contribution in [3.8, 4) is 0 Å². The maximum atomic E-state index is 12.4. The maximum absolute atomic E-state index is 12.4. The molecule has 2 N–H and O–H groups in total. The molecule has 2 heterocycles. The first-order valence-corrected chi connectivity index (χ1v) is 8.72. The number of benzene rings is 1. The van der Waals surface area contributed by atoms with E-state index in [-0.39, 0.29) is 6.04 Å². The Kier molecular flexibility index (Phi) is 4.56. The molecule has 1 aromatic rings. The van der Waals surface area contributed by atoms with Crippen LogP contribution in [0, 0.1) is 0 Å². The molecule has 1 aromatic carbocycles. The second kappa shape index (κ2) is 6.41. The van der Waals surface area contributed by atoms with Crippen LogP contribution in [0.2, 0.25) is 0 Å². The third kappa shape index (κ3) is 3.61. The Morgan fingerprint density at radius 1 is 1.33 bits per heavy atom. The summed E-state index contributed by atoms with van der Waals surface area (Å²) in [5, 5.41) is 3.24. The summed E-state index contributed by atoms with van der Waals surface area (Å²) in [6.07, 6.45) is 0.766. The quantitative estimate of drug-likeness (QED) is 0.812. The zero-order chi connectivity index (χ0) is 14.7. The standard InChI is InChI=1S/C14H21N3O3S/c18-21(19,16-9-14-11-20-8-6-15-14)17-7-5-12-3-1-2-4-13(12)10-17/h1-4,14-16H,5-11H2. The first-order chi connectivity index (χ1) is 10.1. The third-order valence-electron chi connectivity index (χ3n) is 3.95. The average molecular weight is 311 g/mol. The largest absolute Gasteiger partial charge is 0.378 e. The van der Waals surface area contributed by atoms with Crippen LogP contribution in [0.1, 0.15) is 11.1 Å². The highest BCUT2D eigenvalue weighted by Gasteiger charge is 2.27. The van der Waals surface area contributed by atoms with Crippen LogP contribution < -0.4 is 10.0 Å². The zero-order valence-electron chi connectivity index (χ0n) is 11.9. The molecule has 0 radical (unpaired) electrons. The fourth-order valence-corrected chi connectivity index (χ4v) is 3.96. The first-order valence-electron chi connectivity index (χ1n) is 7.28. The summed E-state index contributed by atoms with van der Waals surface area (Å²) in [6.45, 7) is 3.34. The van der Waals surface area contributed by atoms with Crippen molar-refractivity contribution in [2.45, 2.75) is 19.0 Å². The SMILES string of the molecule is O=S(=O)(NCC1COCCN1)N1CCc2ccccc2C1. The zero-order valence-corrected chi connectivity index (χ0v) is 12.7. The van der Waals surface area contributed by atoms with Gasteiger partial charge in [-0.25, -0.2) is 4.72 Å². The van der Waals surface area contributed by atoms with Crippen molar-refractivity contribution in [1.82, 2.24) is 14.3 Å². The smallest absolute Gasteiger partial charge is 0.279 e. The van der Waals surface area contributed by atoms with Gasteiger partial charge in [-0.05, 0) is 17.5 Å². The molecule has 1 saturated heterocycles. The van der Waals surface area contributed by atoms with Crippen molar-refractivity contribution >= 4 is 10.2 Å². The summed E-state index contributed by atoms with van der Waals surface area (Å²) in [5.41, 5.74) is 2.33. The molecule has 0 saturated carbocycles. The van der Waals surface area contributed by atoms with E-state index < -0.39 is 10.2 Å². The van der Waals surface area contributed by atoms with E-state index in [1.165, 1.54) is 9.87 Å². The Balaban J connectivity index is 1.60. The molecule has 1 atom stereocenters. The number of morpholine rings is 1. The first kappa shape index (κ1) is 14.9. The lowest BCUT2D eigenvalue weighted by molar-refractivity contribution is 0.0782. The number of nitrogens with zero attached hydrogens (tertiary/aromatic N) is 1. The van der Waals surface area contributed by atoms with Crippen molar-refractivity contribution in [3.05, 3.63) is 35.4 Å². The monoisotopic (exact) mass is 311 g/mol. The van der Waals surface area contributed by atoms with Gasteiger partial charge in [0.25, 0.3) is 10.2 Å². The van der Waals surface area contributed by atoms with E-state index in [4.69, 9.17) is 4.74 Å². The Hall–Kier alpha value is -0.990. The molecule has 0 spiro atoms. The number of hydrogen-bond donors (Lipinski definition) is 2. The van der Waals surface area contributed by atoms with E-state index in [9.17, 15) is 8.42 Å². The highest BCUT2D eigenvalue weighted by atomic mass is 32.2. The normalized spacial score (nSPS) is 23.7. The number of nitrogens with one attached hydrogen (secondary N) is 2. The van der Waals surface area contributed by atoms with Crippen LogP contribution in [-0.2, 0) is 27.9 Å². The molecule has 0 aromatic heterocycles. The molecule has 2 aliphatic rings. The van der Waals surface area contributed by atoms with Crippen LogP contribution >= 0.6 is 0 Å². The van der Waals surface area contributed by atoms with Gasteiger partial charge in [-0.1, -0.05) is 24.3 Å². The van der Waals surface area contributed by atoms with E-state index in [1.54, 1.807) is 0 Å². The molecule has 1 fully saturated rings. The van der Waals surface area contributed by atoms with Crippen LogP contribution in [0.15, 0.2) is 24.3 Å². The summed E-state index contributed by atoms with van der Waals surface area (Å²) in [6, 6.07) is 8.05. The number of fused-ring (bicyclic) bond motifs is 1. The second-order valence-electron chi connectivity index (χ2n) is 5.43. The molecule has 0 aliphatic carbocycles. The fourth-order valence-electron chi connectivity index (χ4n) is 2.72. The van der Waals surface area contributed by atoms with Gasteiger partial charge in [0.2, 0.25) is 0 Å². The molecule has 0 amide bonds. The molecule has 3 rings (SSSR count). The maximum Gasteiger partial charge on any atom is 0.279 e. The molecular weight excluding hydrogens is 290 g/mol. The predicted molar refractivity (Wildman–Crippen MR) is 80.1 cm³/mol. The van der Waals surface area contributed by atoms with Crippen molar-refractivity contribution in [2.24, 2.45) is 0 Å². The van der Waals surface area contributed by atoms with Crippen molar-refractivity contribution in [2.75, 3.05) is 32.8 Å². The lowest BCUT2D eigenvalue weighted by Crippen LogP contribution is -2.51. The molecule has 116 valence electrons. The van der Waals surface area contributed by atoms with Gasteiger partial charge in [0.15, 0.2) is 0 Å². The van der Waals surface area contributed by atoms with Gasteiger partial charge < -0.3 is 10.1 Å². The number of hydrogen-bond acceptors (Lipinski definition) is 4. The lowest BCUT2D eigenvalue weighted by atomic mass is 10.0. The highest BCUT2D eigenvalue weighted by molar-refractivity contribution is 7.87. The Morgan fingerprint density at radius 2 is 2.14 bits per heavy atom. The van der Waals surface area contributed by atoms with Gasteiger partial charge in [0, 0.05) is 32.2 Å². The Labute approximate surface area is 125 Å². The van der Waals surface area contributed by atoms with Gasteiger partial charge in [-0.3, -0.25) is 0 Å². The minimum absolute atomic E-state index is 0.0469. The minimum atomic E-state index is -3.44. The molecule has 2 aliphatic heterocycles. The van der Waals surface area contributed by atoms with Crippen LogP contribution in [0.3, 0.4) is 0 Å². The van der Waals surface area contributed by atoms with Crippen LogP contribution in [0.25, 0.3) is 0 Å². The highest BCUT2D eigenvalue weighted by Crippen LogP contribution is 2.20. The fraction of sp³-hybridized carbons (Fsp3) is 0.571. The van der Waals surface area contributed by atoms with E-state index in [1.807, 2.05) is 18.2 Å². The molecule has 1 unspecified atom stereocenters. The van der Waals surface area contributed by atoms with Gasteiger partial charge in [0.1, 0.15) is 0 Å². The van der Waals surface area contributed by atoms with Crippen LogP contribution in [0.4, 0.5) is 0 Å². The molecule has 7 heteroatoms. The van der Waals surface area contributed by atoms with Crippen molar-refractivity contribution < 1.29 is 13.2 Å². The second-order valence-corrected chi connectivity index (χ2v) is 7.19. The summed E-state index contributed by atoms with van der Waals surface area (Å²) < 4.78 is 34.3. The van der Waals surface area contributed by atoms with E-state index >= 15 is 0 Å². The molecule has 6 nitrogen and oxygen atoms in total. The predicted octanol–water partition coefficient (Wildman–Crippen LogP) is -0.132. The lowest BCUT2D eigenvalue weighted by Gasteiger charge is -2.29. The summed E-state index contributed by atoms with van der Waals surface area (Å²) >= 11 is 0. The Bertz CT molecular complexity index is 585. The van der Waals surface area contributed by atoms with Crippen LogP contribution in [0.5, 0.6) is 0 Å². The van der Waals surface area contributed by atoms with Gasteiger partial charge in [0.05, 0.1) is 13.2 Å². The molecular formula is C14H21N3O3S. The van der Waals surface area contributed by atoms with Gasteiger partial charge in [-0.15, -0.1) is 0 Å². The molecule has 0 bridgehead atoms. The number of rotatable bonds is 4. The van der Waals surface area contributed by atoms with E-state index in [0.717, 1.165) is 18.5 Å². The topological polar surface area (TPSA) is 70.7 Å². The van der Waals surface area contributed by atoms with Crippen LogP contribution in [-0.4, -0.2) is 51.6 Å².